The molecule has 1 aliphatic carbocycles. The van der Waals surface area contributed by atoms with E-state index in [9.17, 15) is 4.79 Å². The summed E-state index contributed by atoms with van der Waals surface area (Å²) in [6.45, 7) is 0.885. The second-order valence-corrected chi connectivity index (χ2v) is 4.33. The Kier molecular flexibility index (Phi) is 5.65. The first kappa shape index (κ1) is 12.5. The second-order valence-electron chi connectivity index (χ2n) is 4.33. The van der Waals surface area contributed by atoms with E-state index in [4.69, 9.17) is 10.8 Å². The Labute approximate surface area is 91.2 Å². The van der Waals surface area contributed by atoms with Gasteiger partial charge < -0.3 is 16.2 Å². The summed E-state index contributed by atoms with van der Waals surface area (Å²) in [5.74, 6) is 0.332. The molecule has 1 amide bonds. The predicted octanol–water partition coefficient (Wildman–Crippen LogP) is 0.393. The minimum absolute atomic E-state index is 0.166. The van der Waals surface area contributed by atoms with Crippen LogP contribution in [-0.4, -0.2) is 30.2 Å². The first-order valence-corrected chi connectivity index (χ1v) is 5.88. The molecule has 0 saturated heterocycles. The molecule has 1 saturated carbocycles. The van der Waals surface area contributed by atoms with Crippen LogP contribution in [0.5, 0.6) is 0 Å². The number of nitrogens with two attached hydrogens (primary N) is 1. The van der Waals surface area contributed by atoms with E-state index in [0.717, 1.165) is 38.5 Å². The molecule has 0 unspecified atom stereocenters. The highest BCUT2D eigenvalue weighted by molar-refractivity contribution is 5.78. The van der Waals surface area contributed by atoms with Gasteiger partial charge in [-0.15, -0.1) is 0 Å². The minimum Gasteiger partial charge on any atom is -0.396 e. The molecular formula is C11H22N2O2. The van der Waals surface area contributed by atoms with Gasteiger partial charge >= 0.3 is 0 Å². The van der Waals surface area contributed by atoms with Gasteiger partial charge in [-0.05, 0) is 38.5 Å². The maximum absolute atomic E-state index is 11.7. The molecule has 4 heteroatoms. The van der Waals surface area contributed by atoms with E-state index in [1.165, 1.54) is 0 Å². The van der Waals surface area contributed by atoms with Crippen molar-refractivity contribution in [2.75, 3.05) is 13.2 Å². The molecule has 0 aromatic carbocycles. The zero-order chi connectivity index (χ0) is 11.1. The summed E-state index contributed by atoms with van der Waals surface area (Å²) in [4.78, 5) is 11.7. The summed E-state index contributed by atoms with van der Waals surface area (Å²) >= 11 is 0. The van der Waals surface area contributed by atoms with Gasteiger partial charge in [0.15, 0.2) is 0 Å². The van der Waals surface area contributed by atoms with Gasteiger partial charge in [-0.25, -0.2) is 0 Å². The van der Waals surface area contributed by atoms with Crippen molar-refractivity contribution in [3.05, 3.63) is 0 Å². The fraction of sp³-hybridized carbons (Fsp3) is 0.909. The Morgan fingerprint density at radius 1 is 1.27 bits per heavy atom. The lowest BCUT2D eigenvalue weighted by Gasteiger charge is -2.25. The van der Waals surface area contributed by atoms with Gasteiger partial charge in [-0.3, -0.25) is 4.79 Å². The van der Waals surface area contributed by atoms with Crippen LogP contribution in [0, 0.1) is 5.92 Å². The normalized spacial score (nSPS) is 26.3. The summed E-state index contributed by atoms with van der Waals surface area (Å²) in [7, 11) is 0. The van der Waals surface area contributed by atoms with Crippen molar-refractivity contribution in [3.8, 4) is 0 Å². The zero-order valence-corrected chi connectivity index (χ0v) is 9.24. The smallest absolute Gasteiger partial charge is 0.223 e. The molecule has 15 heavy (non-hydrogen) atoms. The molecule has 0 atom stereocenters. The molecule has 0 bridgehead atoms. The average Bonchev–Trinajstić information content (AvgIpc) is 2.25. The van der Waals surface area contributed by atoms with Gasteiger partial charge in [0.2, 0.25) is 5.91 Å². The Morgan fingerprint density at radius 2 is 1.93 bits per heavy atom. The van der Waals surface area contributed by atoms with Crippen molar-refractivity contribution in [2.45, 2.75) is 44.6 Å². The number of hydrogen-bond acceptors (Lipinski definition) is 3. The maximum atomic E-state index is 11.7. The van der Waals surface area contributed by atoms with Crippen LogP contribution < -0.4 is 11.1 Å². The molecule has 1 fully saturated rings. The predicted molar refractivity (Wildman–Crippen MR) is 59.3 cm³/mol. The van der Waals surface area contributed by atoms with Crippen LogP contribution in [0.3, 0.4) is 0 Å². The van der Waals surface area contributed by atoms with Crippen LogP contribution in [-0.2, 0) is 4.79 Å². The van der Waals surface area contributed by atoms with Crippen LogP contribution in [0.1, 0.15) is 38.5 Å². The van der Waals surface area contributed by atoms with Crippen molar-refractivity contribution in [1.29, 1.82) is 0 Å². The van der Waals surface area contributed by atoms with E-state index < -0.39 is 0 Å². The fourth-order valence-electron chi connectivity index (χ4n) is 1.97. The summed E-state index contributed by atoms with van der Waals surface area (Å²) in [5.41, 5.74) is 5.78. The lowest BCUT2D eigenvalue weighted by Crippen LogP contribution is -2.36. The van der Waals surface area contributed by atoms with Crippen molar-refractivity contribution >= 4 is 5.91 Å². The summed E-state index contributed by atoms with van der Waals surface area (Å²) in [6, 6.07) is 0.295. The van der Waals surface area contributed by atoms with Crippen molar-refractivity contribution in [3.63, 3.8) is 0 Å². The monoisotopic (exact) mass is 214 g/mol. The number of aliphatic hydroxyl groups is 1. The molecule has 0 heterocycles. The highest BCUT2D eigenvalue weighted by Gasteiger charge is 2.23. The van der Waals surface area contributed by atoms with Crippen molar-refractivity contribution in [1.82, 2.24) is 5.32 Å². The number of nitrogens with one attached hydrogen (secondary N) is 1. The summed E-state index contributed by atoms with van der Waals surface area (Å²) < 4.78 is 0. The van der Waals surface area contributed by atoms with E-state index in [1.54, 1.807) is 0 Å². The van der Waals surface area contributed by atoms with Crippen LogP contribution in [0.15, 0.2) is 0 Å². The van der Waals surface area contributed by atoms with E-state index in [0.29, 0.717) is 12.6 Å². The SMILES string of the molecule is NC1CCC(C(=O)NCCCCO)CC1. The first-order chi connectivity index (χ1) is 7.24. The molecule has 1 aliphatic rings. The van der Waals surface area contributed by atoms with Gasteiger partial charge in [0.05, 0.1) is 0 Å². The third kappa shape index (κ3) is 4.62. The molecule has 0 radical (unpaired) electrons. The Hall–Kier alpha value is -0.610. The maximum Gasteiger partial charge on any atom is 0.223 e. The number of unbranched alkanes of at least 4 members (excludes halogenated alkanes) is 1. The number of carbonyl (C=O) groups is 1. The van der Waals surface area contributed by atoms with Gasteiger partial charge in [-0.2, -0.15) is 0 Å². The highest BCUT2D eigenvalue weighted by atomic mass is 16.2. The zero-order valence-electron chi connectivity index (χ0n) is 9.24. The fourth-order valence-corrected chi connectivity index (χ4v) is 1.97. The van der Waals surface area contributed by atoms with Gasteiger partial charge in [0.25, 0.3) is 0 Å². The molecular weight excluding hydrogens is 192 g/mol. The van der Waals surface area contributed by atoms with Crippen LogP contribution in [0.4, 0.5) is 0 Å². The van der Waals surface area contributed by atoms with Crippen LogP contribution in [0.25, 0.3) is 0 Å². The molecule has 0 aromatic rings. The lowest BCUT2D eigenvalue weighted by atomic mass is 9.86. The molecule has 0 aromatic heterocycles. The second kappa shape index (κ2) is 6.80. The lowest BCUT2D eigenvalue weighted by molar-refractivity contribution is -0.126. The summed E-state index contributed by atoms with van der Waals surface area (Å²) in [5, 5.41) is 11.5. The van der Waals surface area contributed by atoms with Gasteiger partial charge in [0, 0.05) is 25.1 Å². The number of amides is 1. The molecule has 0 spiro atoms. The molecule has 1 rings (SSSR count). The molecule has 4 nitrogen and oxygen atoms in total. The van der Waals surface area contributed by atoms with E-state index in [-0.39, 0.29) is 18.4 Å². The molecule has 0 aliphatic heterocycles. The molecule has 4 N–H and O–H groups in total. The third-order valence-corrected chi connectivity index (χ3v) is 3.03. The number of rotatable bonds is 5. The van der Waals surface area contributed by atoms with E-state index in [1.807, 2.05) is 0 Å². The van der Waals surface area contributed by atoms with Gasteiger partial charge in [0.1, 0.15) is 0 Å². The standard InChI is InChI=1S/C11H22N2O2/c12-10-5-3-9(4-6-10)11(15)13-7-1-2-8-14/h9-10,14H,1-8,12H2,(H,13,15). The number of carbonyl (C=O) groups excluding carboxylic acids is 1. The van der Waals surface area contributed by atoms with Crippen LogP contribution >= 0.6 is 0 Å². The van der Waals surface area contributed by atoms with Gasteiger partial charge in [-0.1, -0.05) is 0 Å². The average molecular weight is 214 g/mol. The molecule has 88 valence electrons. The first-order valence-electron chi connectivity index (χ1n) is 5.88. The highest BCUT2D eigenvalue weighted by Crippen LogP contribution is 2.22. The third-order valence-electron chi connectivity index (χ3n) is 3.03. The Balaban J connectivity index is 2.11. The van der Waals surface area contributed by atoms with E-state index >= 15 is 0 Å². The largest absolute Gasteiger partial charge is 0.396 e. The topological polar surface area (TPSA) is 75.4 Å². The van der Waals surface area contributed by atoms with Crippen molar-refractivity contribution < 1.29 is 9.90 Å². The van der Waals surface area contributed by atoms with Crippen LogP contribution in [0.2, 0.25) is 0 Å². The number of aliphatic hydroxyl groups excluding tert-OH is 1. The Bertz CT molecular complexity index is 189. The van der Waals surface area contributed by atoms with Crippen molar-refractivity contribution in [2.24, 2.45) is 11.7 Å². The quantitative estimate of drug-likeness (QED) is 0.580. The Morgan fingerprint density at radius 3 is 2.53 bits per heavy atom. The summed E-state index contributed by atoms with van der Waals surface area (Å²) in [6.07, 6.45) is 5.40. The van der Waals surface area contributed by atoms with E-state index in [2.05, 4.69) is 5.32 Å². The minimum atomic E-state index is 0.166. The number of hydrogen-bond donors (Lipinski definition) is 3.